The lowest BCUT2D eigenvalue weighted by atomic mass is 10.1. The number of methoxy groups -OCH3 is 1. The molecule has 0 amide bonds. The zero-order valence-electron chi connectivity index (χ0n) is 16.4. The fourth-order valence-electron chi connectivity index (χ4n) is 3.21. The van der Waals surface area contributed by atoms with E-state index in [-0.39, 0.29) is 11.1 Å². The first-order valence-electron chi connectivity index (χ1n) is 9.23. The van der Waals surface area contributed by atoms with E-state index in [1.54, 1.807) is 20.2 Å². The Balaban J connectivity index is 1.53. The Bertz CT molecular complexity index is 1150. The highest BCUT2D eigenvalue weighted by molar-refractivity contribution is 5.66. The minimum Gasteiger partial charge on any atom is -0.495 e. The van der Waals surface area contributed by atoms with E-state index >= 15 is 0 Å². The summed E-state index contributed by atoms with van der Waals surface area (Å²) in [5.41, 5.74) is 0.846. The maximum absolute atomic E-state index is 12.3. The zero-order chi connectivity index (χ0) is 20.5. The van der Waals surface area contributed by atoms with Gasteiger partial charge < -0.3 is 9.47 Å². The van der Waals surface area contributed by atoms with Gasteiger partial charge in [0.1, 0.15) is 11.6 Å². The number of H-pyrrole nitrogens is 1. The fraction of sp³-hybridized carbons (Fsp3) is 0.350. The van der Waals surface area contributed by atoms with Gasteiger partial charge in [0.15, 0.2) is 0 Å². The summed E-state index contributed by atoms with van der Waals surface area (Å²) in [5, 5.41) is 2.48. The van der Waals surface area contributed by atoms with Crippen molar-refractivity contribution in [2.24, 2.45) is 13.0 Å². The van der Waals surface area contributed by atoms with E-state index in [1.807, 2.05) is 12.1 Å². The summed E-state index contributed by atoms with van der Waals surface area (Å²) in [6.45, 7) is 2.18. The highest BCUT2D eigenvalue weighted by atomic mass is 16.5. The molecular formula is C20H21N5O4. The minimum absolute atomic E-state index is 0.187. The van der Waals surface area contributed by atoms with Gasteiger partial charge in [0.2, 0.25) is 5.88 Å². The van der Waals surface area contributed by atoms with Gasteiger partial charge in [-0.1, -0.05) is 0 Å². The molecule has 2 unspecified atom stereocenters. The second-order valence-electron chi connectivity index (χ2n) is 7.07. The summed E-state index contributed by atoms with van der Waals surface area (Å²) in [6, 6.07) is 5.12. The SMILES string of the molecule is COc1ccc(C2CC2COc2nc(C)ncc2-c2cc(=O)n(C)[nH]c2=O)nc1. The summed E-state index contributed by atoms with van der Waals surface area (Å²) in [5.74, 6) is 2.17. The van der Waals surface area contributed by atoms with E-state index in [0.717, 1.165) is 22.5 Å². The molecule has 1 aliphatic carbocycles. The molecule has 0 aliphatic heterocycles. The number of rotatable bonds is 6. The highest BCUT2D eigenvalue weighted by Gasteiger charge is 2.40. The van der Waals surface area contributed by atoms with Gasteiger partial charge in [0.25, 0.3) is 11.1 Å². The number of ether oxygens (including phenoxy) is 2. The topological polar surface area (TPSA) is 112 Å². The van der Waals surface area contributed by atoms with Crippen LogP contribution in [0.5, 0.6) is 11.6 Å². The molecule has 1 saturated carbocycles. The van der Waals surface area contributed by atoms with Crippen molar-refractivity contribution >= 4 is 0 Å². The van der Waals surface area contributed by atoms with E-state index in [0.29, 0.717) is 35.7 Å². The Kier molecular flexibility index (Phi) is 4.87. The van der Waals surface area contributed by atoms with E-state index < -0.39 is 5.56 Å². The Morgan fingerprint density at radius 2 is 2.03 bits per heavy atom. The molecule has 0 bridgehead atoms. The van der Waals surface area contributed by atoms with Gasteiger partial charge in [-0.3, -0.25) is 24.4 Å². The number of aromatic nitrogens is 5. The first-order chi connectivity index (χ1) is 14.0. The zero-order valence-corrected chi connectivity index (χ0v) is 16.4. The quantitative estimate of drug-likeness (QED) is 0.672. The second-order valence-corrected chi connectivity index (χ2v) is 7.07. The molecular weight excluding hydrogens is 374 g/mol. The second kappa shape index (κ2) is 7.50. The van der Waals surface area contributed by atoms with E-state index in [1.165, 1.54) is 19.3 Å². The Morgan fingerprint density at radius 1 is 1.21 bits per heavy atom. The van der Waals surface area contributed by atoms with Crippen LogP contribution in [-0.2, 0) is 7.05 Å². The molecule has 3 aromatic heterocycles. The molecule has 4 rings (SSSR count). The third-order valence-corrected chi connectivity index (χ3v) is 5.01. The van der Waals surface area contributed by atoms with Crippen molar-refractivity contribution in [1.29, 1.82) is 0 Å². The van der Waals surface area contributed by atoms with Crippen LogP contribution in [-0.4, -0.2) is 38.4 Å². The minimum atomic E-state index is -0.406. The molecule has 1 aliphatic rings. The van der Waals surface area contributed by atoms with Crippen molar-refractivity contribution in [3.8, 4) is 22.8 Å². The molecule has 0 spiro atoms. The van der Waals surface area contributed by atoms with Crippen LogP contribution in [0.25, 0.3) is 11.1 Å². The predicted octanol–water partition coefficient (Wildman–Crippen LogP) is 1.43. The van der Waals surface area contributed by atoms with Gasteiger partial charge in [0.05, 0.1) is 31.0 Å². The van der Waals surface area contributed by atoms with E-state index in [9.17, 15) is 9.59 Å². The van der Waals surface area contributed by atoms with Gasteiger partial charge in [-0.15, -0.1) is 0 Å². The largest absolute Gasteiger partial charge is 0.495 e. The fourth-order valence-corrected chi connectivity index (χ4v) is 3.21. The van der Waals surface area contributed by atoms with Crippen LogP contribution in [0.15, 0.2) is 40.2 Å². The molecule has 1 N–H and O–H groups in total. The molecule has 9 heteroatoms. The number of hydrogen-bond donors (Lipinski definition) is 1. The molecule has 3 aromatic rings. The Hall–Kier alpha value is -3.49. The highest BCUT2D eigenvalue weighted by Crippen LogP contribution is 2.47. The average molecular weight is 395 g/mol. The molecule has 2 atom stereocenters. The van der Waals surface area contributed by atoms with Crippen LogP contribution in [0.3, 0.4) is 0 Å². The lowest BCUT2D eigenvalue weighted by molar-refractivity contribution is 0.285. The molecule has 9 nitrogen and oxygen atoms in total. The molecule has 3 heterocycles. The van der Waals surface area contributed by atoms with Crippen molar-refractivity contribution in [2.45, 2.75) is 19.3 Å². The van der Waals surface area contributed by atoms with Gasteiger partial charge in [-0.05, 0) is 25.5 Å². The number of nitrogens with zero attached hydrogens (tertiary/aromatic N) is 4. The van der Waals surface area contributed by atoms with Crippen molar-refractivity contribution in [3.63, 3.8) is 0 Å². The monoisotopic (exact) mass is 395 g/mol. The summed E-state index contributed by atoms with van der Waals surface area (Å²) in [6.07, 6.45) is 4.18. The molecule has 0 radical (unpaired) electrons. The standard InChI is InChI=1S/C20H21N5O4/c1-11-21-9-16(15-7-18(26)25(2)24-19(15)27)20(23-11)29-10-12-6-14(12)17-5-4-13(28-3)8-22-17/h4-5,7-9,12,14H,6,10H2,1-3H3,(H,24,27). The Labute approximate surface area is 166 Å². The predicted molar refractivity (Wildman–Crippen MR) is 105 cm³/mol. The number of hydrogen-bond acceptors (Lipinski definition) is 7. The van der Waals surface area contributed by atoms with Gasteiger partial charge >= 0.3 is 0 Å². The van der Waals surface area contributed by atoms with Crippen LogP contribution in [0.2, 0.25) is 0 Å². The molecule has 1 fully saturated rings. The summed E-state index contributed by atoms with van der Waals surface area (Å²) in [7, 11) is 3.09. The first kappa shape index (κ1) is 18.9. The van der Waals surface area contributed by atoms with Gasteiger partial charge in [-0.2, -0.15) is 4.98 Å². The van der Waals surface area contributed by atoms with Crippen LogP contribution in [0, 0.1) is 12.8 Å². The van der Waals surface area contributed by atoms with Crippen LogP contribution in [0.1, 0.15) is 23.9 Å². The molecule has 0 saturated heterocycles. The number of nitrogens with one attached hydrogen (secondary N) is 1. The Morgan fingerprint density at radius 3 is 2.76 bits per heavy atom. The number of pyridine rings is 1. The van der Waals surface area contributed by atoms with Crippen molar-refractivity contribution in [2.75, 3.05) is 13.7 Å². The van der Waals surface area contributed by atoms with E-state index in [2.05, 4.69) is 20.1 Å². The lowest BCUT2D eigenvalue weighted by Crippen LogP contribution is -2.27. The third-order valence-electron chi connectivity index (χ3n) is 5.01. The number of aryl methyl sites for hydroxylation is 2. The van der Waals surface area contributed by atoms with Crippen molar-refractivity contribution < 1.29 is 9.47 Å². The van der Waals surface area contributed by atoms with Crippen molar-refractivity contribution in [1.82, 2.24) is 24.7 Å². The maximum atomic E-state index is 12.3. The van der Waals surface area contributed by atoms with Gasteiger partial charge in [-0.25, -0.2) is 4.98 Å². The van der Waals surface area contributed by atoms with Crippen LogP contribution >= 0.6 is 0 Å². The van der Waals surface area contributed by atoms with Crippen LogP contribution < -0.4 is 20.6 Å². The van der Waals surface area contributed by atoms with Crippen molar-refractivity contribution in [3.05, 3.63) is 62.8 Å². The average Bonchev–Trinajstić information content (AvgIpc) is 3.49. The smallest absolute Gasteiger partial charge is 0.270 e. The molecule has 150 valence electrons. The number of aromatic amines is 1. The lowest BCUT2D eigenvalue weighted by Gasteiger charge is -2.11. The molecule has 0 aromatic carbocycles. The summed E-state index contributed by atoms with van der Waals surface area (Å²) >= 11 is 0. The maximum Gasteiger partial charge on any atom is 0.270 e. The van der Waals surface area contributed by atoms with E-state index in [4.69, 9.17) is 9.47 Å². The van der Waals surface area contributed by atoms with Crippen LogP contribution in [0.4, 0.5) is 0 Å². The summed E-state index contributed by atoms with van der Waals surface area (Å²) < 4.78 is 12.2. The summed E-state index contributed by atoms with van der Waals surface area (Å²) in [4.78, 5) is 37.2. The van der Waals surface area contributed by atoms with Gasteiger partial charge in [0, 0.05) is 36.8 Å². The normalized spacial score (nSPS) is 17.8. The molecule has 29 heavy (non-hydrogen) atoms. The third kappa shape index (κ3) is 3.89. The first-order valence-corrected chi connectivity index (χ1v) is 9.23.